The summed E-state index contributed by atoms with van der Waals surface area (Å²) in [6, 6.07) is 2.01. The van der Waals surface area contributed by atoms with E-state index >= 15 is 0 Å². The van der Waals surface area contributed by atoms with Gasteiger partial charge in [-0.3, -0.25) is 9.69 Å². The number of piperidine rings is 1. The molecule has 2 aromatic heterocycles. The van der Waals surface area contributed by atoms with Crippen molar-refractivity contribution >= 4 is 17.2 Å². The molecule has 24 heavy (non-hydrogen) atoms. The van der Waals surface area contributed by atoms with Crippen molar-refractivity contribution in [3.63, 3.8) is 0 Å². The van der Waals surface area contributed by atoms with Crippen molar-refractivity contribution < 1.29 is 9.21 Å². The van der Waals surface area contributed by atoms with E-state index in [2.05, 4.69) is 15.3 Å². The van der Waals surface area contributed by atoms with Gasteiger partial charge in [0.2, 0.25) is 5.91 Å². The Morgan fingerprint density at radius 1 is 1.33 bits per heavy atom. The molecule has 1 unspecified atom stereocenters. The van der Waals surface area contributed by atoms with Crippen molar-refractivity contribution in [2.75, 3.05) is 19.6 Å². The highest BCUT2D eigenvalue weighted by atomic mass is 32.1. The van der Waals surface area contributed by atoms with E-state index in [0.717, 1.165) is 56.1 Å². The maximum absolute atomic E-state index is 13.1. The number of nitrogens with zero attached hydrogens (tertiary/aromatic N) is 3. The van der Waals surface area contributed by atoms with Crippen LogP contribution in [0.4, 0.5) is 0 Å². The molecule has 1 atom stereocenters. The van der Waals surface area contributed by atoms with Gasteiger partial charge in [0.05, 0.1) is 35.2 Å². The third-order valence-electron chi connectivity index (χ3n) is 5.26. The fourth-order valence-corrected chi connectivity index (χ4v) is 4.71. The van der Waals surface area contributed by atoms with E-state index in [1.807, 2.05) is 17.9 Å². The molecule has 0 aliphatic carbocycles. The Kier molecular flexibility index (Phi) is 4.18. The highest BCUT2D eigenvalue weighted by molar-refractivity contribution is 7.09. The Bertz CT molecular complexity index is 712. The van der Waals surface area contributed by atoms with Crippen molar-refractivity contribution in [2.45, 2.75) is 39.3 Å². The van der Waals surface area contributed by atoms with E-state index in [1.54, 1.807) is 23.9 Å². The Morgan fingerprint density at radius 2 is 2.25 bits per heavy atom. The van der Waals surface area contributed by atoms with Gasteiger partial charge in [-0.15, -0.1) is 11.3 Å². The second kappa shape index (κ2) is 6.33. The second-order valence-electron chi connectivity index (χ2n) is 7.06. The number of aromatic nitrogens is 1. The average molecular weight is 345 g/mol. The zero-order chi connectivity index (χ0) is 16.6. The van der Waals surface area contributed by atoms with E-state index in [0.29, 0.717) is 12.5 Å². The van der Waals surface area contributed by atoms with Crippen LogP contribution in [0.25, 0.3) is 0 Å². The molecule has 0 saturated carbocycles. The predicted octanol–water partition coefficient (Wildman–Crippen LogP) is 3.06. The van der Waals surface area contributed by atoms with Gasteiger partial charge in [-0.2, -0.15) is 0 Å². The van der Waals surface area contributed by atoms with Crippen LogP contribution in [0.3, 0.4) is 0 Å². The molecule has 1 amide bonds. The third-order valence-corrected chi connectivity index (χ3v) is 6.09. The third kappa shape index (κ3) is 3.00. The van der Waals surface area contributed by atoms with Gasteiger partial charge in [0, 0.05) is 30.6 Å². The molecule has 5 nitrogen and oxygen atoms in total. The first-order valence-electron chi connectivity index (χ1n) is 8.58. The van der Waals surface area contributed by atoms with Gasteiger partial charge in [0.1, 0.15) is 0 Å². The van der Waals surface area contributed by atoms with Gasteiger partial charge in [-0.05, 0) is 38.8 Å². The van der Waals surface area contributed by atoms with Crippen molar-refractivity contribution in [1.82, 2.24) is 14.8 Å². The lowest BCUT2D eigenvalue weighted by atomic mass is 9.78. The molecule has 2 fully saturated rings. The van der Waals surface area contributed by atoms with Crippen LogP contribution in [-0.2, 0) is 17.9 Å². The zero-order valence-electron chi connectivity index (χ0n) is 14.0. The summed E-state index contributed by atoms with van der Waals surface area (Å²) in [5.74, 6) is 0.324. The molecule has 2 saturated heterocycles. The van der Waals surface area contributed by atoms with Gasteiger partial charge in [0.15, 0.2) is 0 Å². The topological polar surface area (TPSA) is 49.6 Å². The molecule has 2 aliphatic heterocycles. The zero-order valence-corrected chi connectivity index (χ0v) is 14.8. The van der Waals surface area contributed by atoms with Gasteiger partial charge in [-0.1, -0.05) is 0 Å². The maximum Gasteiger partial charge on any atom is 0.230 e. The summed E-state index contributed by atoms with van der Waals surface area (Å²) in [4.78, 5) is 22.0. The number of thiazole rings is 1. The lowest BCUT2D eigenvalue weighted by Gasteiger charge is -2.38. The molecule has 6 heteroatoms. The normalized spacial score (nSPS) is 25.0. The van der Waals surface area contributed by atoms with Crippen LogP contribution in [0.2, 0.25) is 0 Å². The first-order valence-corrected chi connectivity index (χ1v) is 9.46. The van der Waals surface area contributed by atoms with Crippen molar-refractivity contribution in [3.05, 3.63) is 40.2 Å². The fourth-order valence-electron chi connectivity index (χ4n) is 4.10. The first-order chi connectivity index (χ1) is 11.6. The standard InChI is InChI=1S/C18H23N3O2S/c1-14-19-16(12-24-14)10-21-7-5-18(17(21)22)4-2-6-20(13-18)9-15-3-8-23-11-15/h3,8,11-12H,2,4-7,9-10,13H2,1H3. The Balaban J connectivity index is 1.43. The van der Waals surface area contributed by atoms with Crippen LogP contribution in [0, 0.1) is 12.3 Å². The minimum atomic E-state index is -0.187. The number of furan rings is 1. The number of hydrogen-bond donors (Lipinski definition) is 0. The van der Waals surface area contributed by atoms with Crippen LogP contribution in [0.1, 0.15) is 35.5 Å². The quantitative estimate of drug-likeness (QED) is 0.854. The lowest BCUT2D eigenvalue weighted by molar-refractivity contribution is -0.139. The van der Waals surface area contributed by atoms with Crippen LogP contribution >= 0.6 is 11.3 Å². The van der Waals surface area contributed by atoms with Gasteiger partial charge < -0.3 is 9.32 Å². The SMILES string of the molecule is Cc1nc(CN2CCC3(CCCN(Cc4ccoc4)C3)C2=O)cs1. The van der Waals surface area contributed by atoms with E-state index in [4.69, 9.17) is 4.42 Å². The van der Waals surface area contributed by atoms with E-state index in [-0.39, 0.29) is 5.41 Å². The Morgan fingerprint density at radius 3 is 3.00 bits per heavy atom. The first kappa shape index (κ1) is 15.8. The molecular weight excluding hydrogens is 322 g/mol. The maximum atomic E-state index is 13.1. The lowest BCUT2D eigenvalue weighted by Crippen LogP contribution is -2.47. The molecule has 2 aromatic rings. The van der Waals surface area contributed by atoms with E-state index in [9.17, 15) is 4.79 Å². The molecule has 2 aliphatic rings. The van der Waals surface area contributed by atoms with Crippen molar-refractivity contribution in [1.29, 1.82) is 0 Å². The number of amides is 1. The number of carbonyl (C=O) groups is 1. The molecular formula is C18H23N3O2S. The highest BCUT2D eigenvalue weighted by Crippen LogP contribution is 2.41. The Hall–Kier alpha value is -1.66. The fraction of sp³-hybridized carbons (Fsp3) is 0.556. The van der Waals surface area contributed by atoms with Crippen molar-refractivity contribution in [2.24, 2.45) is 5.41 Å². The largest absolute Gasteiger partial charge is 0.472 e. The molecule has 1 spiro atoms. The monoisotopic (exact) mass is 345 g/mol. The summed E-state index contributed by atoms with van der Waals surface area (Å²) in [6.45, 7) is 6.32. The van der Waals surface area contributed by atoms with Crippen LogP contribution in [0.15, 0.2) is 28.4 Å². The smallest absolute Gasteiger partial charge is 0.230 e. The summed E-state index contributed by atoms with van der Waals surface area (Å²) in [5, 5.41) is 3.13. The van der Waals surface area contributed by atoms with Crippen LogP contribution < -0.4 is 0 Å². The minimum Gasteiger partial charge on any atom is -0.472 e. The van der Waals surface area contributed by atoms with Gasteiger partial charge in [-0.25, -0.2) is 4.98 Å². The Labute approximate surface area is 146 Å². The van der Waals surface area contributed by atoms with Crippen LogP contribution in [0.5, 0.6) is 0 Å². The number of aryl methyl sites for hydroxylation is 1. The molecule has 0 N–H and O–H groups in total. The van der Waals surface area contributed by atoms with Crippen molar-refractivity contribution in [3.8, 4) is 0 Å². The molecule has 128 valence electrons. The van der Waals surface area contributed by atoms with Gasteiger partial charge in [0.25, 0.3) is 0 Å². The van der Waals surface area contributed by atoms with E-state index < -0.39 is 0 Å². The number of rotatable bonds is 4. The summed E-state index contributed by atoms with van der Waals surface area (Å²) in [7, 11) is 0. The molecule has 0 radical (unpaired) electrons. The number of carbonyl (C=O) groups excluding carboxylic acids is 1. The van der Waals surface area contributed by atoms with E-state index in [1.165, 1.54) is 5.56 Å². The molecule has 4 heterocycles. The second-order valence-corrected chi connectivity index (χ2v) is 8.12. The minimum absolute atomic E-state index is 0.187. The van der Waals surface area contributed by atoms with Crippen LogP contribution in [-0.4, -0.2) is 40.3 Å². The predicted molar refractivity (Wildman–Crippen MR) is 92.5 cm³/mol. The summed E-state index contributed by atoms with van der Waals surface area (Å²) in [6.07, 6.45) is 6.59. The molecule has 0 aromatic carbocycles. The summed E-state index contributed by atoms with van der Waals surface area (Å²) in [5.41, 5.74) is 2.02. The van der Waals surface area contributed by atoms with Gasteiger partial charge >= 0.3 is 0 Å². The number of likely N-dealkylation sites (tertiary alicyclic amines) is 2. The molecule has 0 bridgehead atoms. The summed E-state index contributed by atoms with van der Waals surface area (Å²) >= 11 is 1.65. The highest BCUT2D eigenvalue weighted by Gasteiger charge is 2.48. The number of hydrogen-bond acceptors (Lipinski definition) is 5. The average Bonchev–Trinajstić information content (AvgIpc) is 3.28. The summed E-state index contributed by atoms with van der Waals surface area (Å²) < 4.78 is 5.17. The molecule has 4 rings (SSSR count).